The number of carbonyl (C=O) groups is 1. The van der Waals surface area contributed by atoms with E-state index in [1.807, 2.05) is 30.0 Å². The second-order valence-electron chi connectivity index (χ2n) is 7.45. The molecule has 4 heterocycles. The van der Waals surface area contributed by atoms with E-state index in [0.29, 0.717) is 11.1 Å². The molecule has 2 saturated heterocycles. The van der Waals surface area contributed by atoms with Crippen molar-refractivity contribution >= 4 is 16.9 Å². The van der Waals surface area contributed by atoms with Crippen LogP contribution in [0.25, 0.3) is 11.0 Å². The first-order chi connectivity index (χ1) is 11.6. The summed E-state index contributed by atoms with van der Waals surface area (Å²) in [5.74, 6) is 0.118. The summed E-state index contributed by atoms with van der Waals surface area (Å²) in [4.78, 5) is 26.2. The van der Waals surface area contributed by atoms with E-state index < -0.39 is 0 Å². The highest BCUT2D eigenvalue weighted by Crippen LogP contribution is 2.40. The number of likely N-dealkylation sites (tertiary alicyclic amines) is 2. The van der Waals surface area contributed by atoms with Gasteiger partial charge in [0, 0.05) is 31.2 Å². The van der Waals surface area contributed by atoms with E-state index in [9.17, 15) is 4.79 Å². The number of aryl methyl sites for hydroxylation is 1. The number of hydrogen-bond donors (Lipinski definition) is 0. The van der Waals surface area contributed by atoms with Gasteiger partial charge in [0.2, 0.25) is 0 Å². The highest BCUT2D eigenvalue weighted by Gasteiger charge is 2.40. The fraction of sp³-hybridized carbons (Fsp3) is 0.526. The Morgan fingerprint density at radius 2 is 1.96 bits per heavy atom. The van der Waals surface area contributed by atoms with Crippen molar-refractivity contribution in [1.82, 2.24) is 19.8 Å². The molecule has 5 nitrogen and oxygen atoms in total. The molecule has 0 aromatic carbocycles. The monoisotopic (exact) mass is 324 g/mol. The molecule has 24 heavy (non-hydrogen) atoms. The maximum atomic E-state index is 13.0. The van der Waals surface area contributed by atoms with E-state index in [0.717, 1.165) is 42.6 Å². The molecule has 0 atom stereocenters. The van der Waals surface area contributed by atoms with Crippen LogP contribution < -0.4 is 0 Å². The average molecular weight is 324 g/mol. The molecule has 4 rings (SSSR count). The number of aromatic nitrogens is 2. The molecule has 126 valence electrons. The van der Waals surface area contributed by atoms with Crippen molar-refractivity contribution in [3.05, 3.63) is 35.7 Å². The van der Waals surface area contributed by atoms with Crippen LogP contribution in [-0.2, 0) is 0 Å². The Bertz CT molecular complexity index is 780. The average Bonchev–Trinajstić information content (AvgIpc) is 2.95. The lowest BCUT2D eigenvalue weighted by molar-refractivity contribution is 0.0593. The summed E-state index contributed by atoms with van der Waals surface area (Å²) >= 11 is 0. The highest BCUT2D eigenvalue weighted by molar-refractivity contribution is 5.98. The number of hydrogen-bond acceptors (Lipinski definition) is 4. The van der Waals surface area contributed by atoms with Crippen molar-refractivity contribution in [2.45, 2.75) is 26.2 Å². The summed E-state index contributed by atoms with van der Waals surface area (Å²) in [5.41, 5.74) is 2.63. The van der Waals surface area contributed by atoms with Crippen LogP contribution >= 0.6 is 0 Å². The molecular weight excluding hydrogens is 300 g/mol. The molecule has 1 spiro atoms. The van der Waals surface area contributed by atoms with Crippen LogP contribution in [0.2, 0.25) is 0 Å². The van der Waals surface area contributed by atoms with Crippen LogP contribution in [0.3, 0.4) is 0 Å². The molecule has 0 saturated carbocycles. The minimum absolute atomic E-state index is 0.118. The number of piperidine rings is 1. The predicted octanol–water partition coefficient (Wildman–Crippen LogP) is 2.50. The molecule has 2 aromatic heterocycles. The number of rotatable bonds is 1. The Kier molecular flexibility index (Phi) is 3.76. The number of fused-ring (bicyclic) bond motifs is 1. The van der Waals surface area contributed by atoms with Crippen LogP contribution in [0.4, 0.5) is 0 Å². The zero-order valence-electron chi connectivity index (χ0n) is 14.5. The third-order valence-electron chi connectivity index (χ3n) is 5.75. The lowest BCUT2D eigenvalue weighted by atomic mass is 9.77. The van der Waals surface area contributed by atoms with E-state index in [-0.39, 0.29) is 5.91 Å². The van der Waals surface area contributed by atoms with Gasteiger partial charge in [0.15, 0.2) is 5.65 Å². The van der Waals surface area contributed by atoms with Crippen molar-refractivity contribution in [3.63, 3.8) is 0 Å². The first-order valence-electron chi connectivity index (χ1n) is 8.77. The molecule has 0 radical (unpaired) electrons. The van der Waals surface area contributed by atoms with Gasteiger partial charge in [-0.1, -0.05) is 0 Å². The minimum Gasteiger partial charge on any atom is -0.339 e. The third kappa shape index (κ3) is 2.67. The second-order valence-corrected chi connectivity index (χ2v) is 7.45. The Hall–Kier alpha value is -2.01. The minimum atomic E-state index is 0.118. The Labute approximate surface area is 142 Å². The van der Waals surface area contributed by atoms with Gasteiger partial charge in [0.05, 0.1) is 11.3 Å². The zero-order valence-corrected chi connectivity index (χ0v) is 14.5. The van der Waals surface area contributed by atoms with Gasteiger partial charge in [-0.05, 0) is 63.4 Å². The van der Waals surface area contributed by atoms with Gasteiger partial charge >= 0.3 is 0 Å². The maximum Gasteiger partial charge on any atom is 0.255 e. The van der Waals surface area contributed by atoms with Gasteiger partial charge in [-0.2, -0.15) is 0 Å². The molecule has 2 aliphatic rings. The van der Waals surface area contributed by atoms with E-state index in [1.54, 1.807) is 6.20 Å². The lowest BCUT2D eigenvalue weighted by Crippen LogP contribution is -2.44. The first-order valence-corrected chi connectivity index (χ1v) is 8.77. The van der Waals surface area contributed by atoms with Crippen LogP contribution in [0, 0.1) is 12.3 Å². The molecule has 1 amide bonds. The largest absolute Gasteiger partial charge is 0.339 e. The fourth-order valence-corrected chi connectivity index (χ4v) is 4.23. The highest BCUT2D eigenvalue weighted by atomic mass is 16.2. The molecule has 5 heteroatoms. The molecule has 2 aliphatic heterocycles. The van der Waals surface area contributed by atoms with Gasteiger partial charge in [0.1, 0.15) is 0 Å². The van der Waals surface area contributed by atoms with Crippen LogP contribution in [0.15, 0.2) is 24.4 Å². The van der Waals surface area contributed by atoms with Crippen molar-refractivity contribution in [3.8, 4) is 0 Å². The van der Waals surface area contributed by atoms with E-state index in [4.69, 9.17) is 0 Å². The third-order valence-corrected chi connectivity index (χ3v) is 5.75. The molecule has 0 aliphatic carbocycles. The van der Waals surface area contributed by atoms with Crippen molar-refractivity contribution in [2.24, 2.45) is 5.41 Å². The van der Waals surface area contributed by atoms with Gasteiger partial charge in [-0.3, -0.25) is 4.79 Å². The van der Waals surface area contributed by atoms with Crippen molar-refractivity contribution in [2.75, 3.05) is 33.2 Å². The Morgan fingerprint density at radius 1 is 1.21 bits per heavy atom. The number of carbonyl (C=O) groups excluding carboxylic acids is 1. The summed E-state index contributed by atoms with van der Waals surface area (Å²) in [6, 6.07) is 5.79. The van der Waals surface area contributed by atoms with Crippen LogP contribution in [0.5, 0.6) is 0 Å². The number of amides is 1. The molecule has 0 bridgehead atoms. The fourth-order valence-electron chi connectivity index (χ4n) is 4.23. The van der Waals surface area contributed by atoms with Crippen molar-refractivity contribution < 1.29 is 4.79 Å². The maximum absolute atomic E-state index is 13.0. The zero-order chi connectivity index (χ0) is 16.7. The summed E-state index contributed by atoms with van der Waals surface area (Å²) < 4.78 is 0. The van der Waals surface area contributed by atoms with Gasteiger partial charge in [0.25, 0.3) is 5.91 Å². The molecule has 2 fully saturated rings. The van der Waals surface area contributed by atoms with Crippen molar-refractivity contribution in [1.29, 1.82) is 0 Å². The molecule has 2 aromatic rings. The van der Waals surface area contributed by atoms with Gasteiger partial charge < -0.3 is 9.80 Å². The SMILES string of the molecule is Cc1nc2ncccc2cc1C(=O)N1CCC2(CCN(C)C2)CC1. The Balaban J connectivity index is 1.53. The van der Waals surface area contributed by atoms with Gasteiger partial charge in [-0.15, -0.1) is 0 Å². The summed E-state index contributed by atoms with van der Waals surface area (Å²) in [7, 11) is 2.20. The first kappa shape index (κ1) is 15.5. The standard InChI is InChI=1S/C19H24N4O/c1-14-16(12-15-4-3-8-20-17(15)21-14)18(24)23-10-6-19(7-11-23)5-9-22(2)13-19/h3-4,8,12H,5-7,9-11,13H2,1-2H3. The quantitative estimate of drug-likeness (QED) is 0.809. The topological polar surface area (TPSA) is 49.3 Å². The molecule has 0 unspecified atom stereocenters. The predicted molar refractivity (Wildman–Crippen MR) is 94.0 cm³/mol. The molecule has 0 N–H and O–H groups in total. The second kappa shape index (κ2) is 5.81. The number of pyridine rings is 2. The van der Waals surface area contributed by atoms with E-state index in [1.165, 1.54) is 19.5 Å². The van der Waals surface area contributed by atoms with Gasteiger partial charge in [-0.25, -0.2) is 9.97 Å². The smallest absolute Gasteiger partial charge is 0.255 e. The normalized spacial score (nSPS) is 20.8. The van der Waals surface area contributed by atoms with Crippen LogP contribution in [-0.4, -0.2) is 58.9 Å². The lowest BCUT2D eigenvalue weighted by Gasteiger charge is -2.39. The summed E-state index contributed by atoms with van der Waals surface area (Å²) in [5, 5.41) is 0.928. The number of nitrogens with zero attached hydrogens (tertiary/aromatic N) is 4. The summed E-state index contributed by atoms with van der Waals surface area (Å²) in [6.07, 6.45) is 5.24. The molecular formula is C19H24N4O. The summed E-state index contributed by atoms with van der Waals surface area (Å²) in [6.45, 7) is 5.99. The van der Waals surface area contributed by atoms with Crippen LogP contribution in [0.1, 0.15) is 35.3 Å². The Morgan fingerprint density at radius 3 is 2.67 bits per heavy atom. The van der Waals surface area contributed by atoms with E-state index >= 15 is 0 Å². The van der Waals surface area contributed by atoms with E-state index in [2.05, 4.69) is 21.9 Å².